The summed E-state index contributed by atoms with van der Waals surface area (Å²) >= 11 is 0. The van der Waals surface area contributed by atoms with Crippen LogP contribution in [0.1, 0.15) is 245 Å². The molecular formula is C48H91NO5. The van der Waals surface area contributed by atoms with Gasteiger partial charge in [0.05, 0.1) is 25.4 Å². The Morgan fingerprint density at radius 2 is 0.944 bits per heavy atom. The van der Waals surface area contributed by atoms with E-state index in [-0.39, 0.29) is 18.5 Å². The van der Waals surface area contributed by atoms with Gasteiger partial charge in [-0.15, -0.1) is 0 Å². The van der Waals surface area contributed by atoms with Crippen molar-refractivity contribution >= 4 is 11.9 Å². The molecule has 0 fully saturated rings. The molecule has 0 rings (SSSR count). The highest BCUT2D eigenvalue weighted by Gasteiger charge is 2.20. The summed E-state index contributed by atoms with van der Waals surface area (Å²) in [7, 11) is 0. The largest absolute Gasteiger partial charge is 0.466 e. The van der Waals surface area contributed by atoms with Crippen molar-refractivity contribution in [1.82, 2.24) is 5.32 Å². The molecule has 0 saturated heterocycles. The number of esters is 1. The maximum Gasteiger partial charge on any atom is 0.305 e. The van der Waals surface area contributed by atoms with Crippen LogP contribution in [0.5, 0.6) is 0 Å². The molecule has 2 atom stereocenters. The fraction of sp³-hybridized carbons (Fsp3) is 0.875. The number of aliphatic hydroxyl groups is 2. The van der Waals surface area contributed by atoms with E-state index in [1.807, 2.05) is 0 Å². The molecule has 0 aliphatic carbocycles. The molecule has 0 aliphatic heterocycles. The molecule has 2 unspecified atom stereocenters. The first-order valence-corrected chi connectivity index (χ1v) is 23.6. The molecule has 54 heavy (non-hydrogen) atoms. The summed E-state index contributed by atoms with van der Waals surface area (Å²) in [6, 6.07) is -0.561. The van der Waals surface area contributed by atoms with Gasteiger partial charge in [0.2, 0.25) is 5.91 Å². The van der Waals surface area contributed by atoms with Gasteiger partial charge in [-0.1, -0.05) is 205 Å². The summed E-state index contributed by atoms with van der Waals surface area (Å²) in [5.41, 5.74) is 0. The second-order valence-electron chi connectivity index (χ2n) is 16.1. The predicted octanol–water partition coefficient (Wildman–Crippen LogP) is 13.6. The monoisotopic (exact) mass is 762 g/mol. The van der Waals surface area contributed by atoms with Gasteiger partial charge >= 0.3 is 5.97 Å². The van der Waals surface area contributed by atoms with Crippen LogP contribution in [0.3, 0.4) is 0 Å². The van der Waals surface area contributed by atoms with Crippen molar-refractivity contribution in [2.24, 2.45) is 0 Å². The van der Waals surface area contributed by atoms with E-state index in [1.165, 1.54) is 141 Å². The van der Waals surface area contributed by atoms with Crippen LogP contribution in [0.25, 0.3) is 0 Å². The number of allylic oxidation sites excluding steroid dienone is 4. The van der Waals surface area contributed by atoms with E-state index >= 15 is 0 Å². The first-order valence-electron chi connectivity index (χ1n) is 23.6. The number of hydrogen-bond donors (Lipinski definition) is 3. The SMILES string of the molecule is CCCC/C=C\C/C=C\CCCCCCCC(=O)OCCCCCCCCCCCC(=O)NC(CO)C(O)CCCCCCCCCCCCCCCC. The van der Waals surface area contributed by atoms with Crippen LogP contribution in [0.4, 0.5) is 0 Å². The molecule has 6 heteroatoms. The maximum absolute atomic E-state index is 12.4. The Balaban J connectivity index is 3.51. The lowest BCUT2D eigenvalue weighted by molar-refractivity contribution is -0.143. The van der Waals surface area contributed by atoms with E-state index in [0.717, 1.165) is 70.6 Å². The molecule has 0 aromatic carbocycles. The Kier molecular flexibility index (Phi) is 42.7. The molecule has 0 aromatic rings. The fourth-order valence-electron chi connectivity index (χ4n) is 7.07. The highest BCUT2D eigenvalue weighted by Crippen LogP contribution is 2.16. The Hall–Kier alpha value is -1.66. The molecule has 318 valence electrons. The highest BCUT2D eigenvalue weighted by atomic mass is 16.5. The average molecular weight is 762 g/mol. The van der Waals surface area contributed by atoms with E-state index in [9.17, 15) is 19.8 Å². The number of unbranched alkanes of at least 4 members (excludes halogenated alkanes) is 28. The number of hydrogen-bond acceptors (Lipinski definition) is 5. The van der Waals surface area contributed by atoms with Crippen molar-refractivity contribution in [3.05, 3.63) is 24.3 Å². The summed E-state index contributed by atoms with van der Waals surface area (Å²) in [5.74, 6) is -0.104. The van der Waals surface area contributed by atoms with Crippen LogP contribution in [0.2, 0.25) is 0 Å². The van der Waals surface area contributed by atoms with E-state index in [1.54, 1.807) is 0 Å². The summed E-state index contributed by atoms with van der Waals surface area (Å²) in [6.07, 6.45) is 49.8. The van der Waals surface area contributed by atoms with Crippen LogP contribution in [0, 0.1) is 0 Å². The van der Waals surface area contributed by atoms with Crippen molar-refractivity contribution in [3.63, 3.8) is 0 Å². The van der Waals surface area contributed by atoms with Gasteiger partial charge in [0.15, 0.2) is 0 Å². The van der Waals surface area contributed by atoms with Crippen molar-refractivity contribution < 1.29 is 24.5 Å². The van der Waals surface area contributed by atoms with Gasteiger partial charge in [0.1, 0.15) is 0 Å². The molecule has 0 radical (unpaired) electrons. The minimum Gasteiger partial charge on any atom is -0.466 e. The molecule has 0 spiro atoms. The van der Waals surface area contributed by atoms with E-state index in [2.05, 4.69) is 43.5 Å². The number of amides is 1. The van der Waals surface area contributed by atoms with Crippen LogP contribution >= 0.6 is 0 Å². The van der Waals surface area contributed by atoms with Crippen LogP contribution in [-0.2, 0) is 14.3 Å². The van der Waals surface area contributed by atoms with Crippen molar-refractivity contribution in [2.45, 2.75) is 257 Å². The smallest absolute Gasteiger partial charge is 0.305 e. The summed E-state index contributed by atoms with van der Waals surface area (Å²) in [4.78, 5) is 24.4. The highest BCUT2D eigenvalue weighted by molar-refractivity contribution is 5.76. The minimum atomic E-state index is -0.681. The maximum atomic E-state index is 12.4. The second-order valence-corrected chi connectivity index (χ2v) is 16.1. The molecule has 6 nitrogen and oxygen atoms in total. The van der Waals surface area contributed by atoms with Crippen LogP contribution < -0.4 is 5.32 Å². The lowest BCUT2D eigenvalue weighted by atomic mass is 10.0. The van der Waals surface area contributed by atoms with Crippen molar-refractivity contribution in [3.8, 4) is 0 Å². The molecule has 1 amide bonds. The van der Waals surface area contributed by atoms with Crippen LogP contribution in [0.15, 0.2) is 24.3 Å². The first-order chi connectivity index (χ1) is 26.5. The minimum absolute atomic E-state index is 0.0399. The number of carbonyl (C=O) groups excluding carboxylic acids is 2. The third-order valence-electron chi connectivity index (χ3n) is 10.8. The third kappa shape index (κ3) is 40.0. The van der Waals surface area contributed by atoms with E-state index in [0.29, 0.717) is 25.9 Å². The normalized spacial score (nSPS) is 12.9. The zero-order chi connectivity index (χ0) is 39.4. The van der Waals surface area contributed by atoms with Crippen molar-refractivity contribution in [2.75, 3.05) is 13.2 Å². The standard InChI is InChI=1S/C48H91NO5/c1-3-5-7-9-11-13-15-17-19-21-24-28-32-36-40-46(51)45(44-50)49-47(52)41-37-33-29-25-23-27-31-35-39-43-54-48(53)42-38-34-30-26-22-20-18-16-14-12-10-8-6-4-2/h10,12,16,18,45-46,50-51H,3-9,11,13-15,17,19-44H2,1-2H3,(H,49,52)/b12-10-,18-16-. The fourth-order valence-corrected chi connectivity index (χ4v) is 7.07. The molecule has 3 N–H and O–H groups in total. The number of ether oxygens (including phenoxy) is 1. The van der Waals surface area contributed by atoms with Gasteiger partial charge in [0, 0.05) is 12.8 Å². The van der Waals surface area contributed by atoms with Gasteiger partial charge in [-0.05, 0) is 51.4 Å². The summed E-state index contributed by atoms with van der Waals surface area (Å²) in [5, 5.41) is 23.1. The van der Waals surface area contributed by atoms with Gasteiger partial charge < -0.3 is 20.3 Å². The van der Waals surface area contributed by atoms with Gasteiger partial charge in [0.25, 0.3) is 0 Å². The number of carbonyl (C=O) groups is 2. The summed E-state index contributed by atoms with van der Waals surface area (Å²) < 4.78 is 5.43. The van der Waals surface area contributed by atoms with Crippen molar-refractivity contribution in [1.29, 1.82) is 0 Å². The molecule has 0 heterocycles. The van der Waals surface area contributed by atoms with Gasteiger partial charge in [-0.25, -0.2) is 0 Å². The zero-order valence-corrected chi connectivity index (χ0v) is 36.0. The average Bonchev–Trinajstić information content (AvgIpc) is 3.17. The Morgan fingerprint density at radius 3 is 1.46 bits per heavy atom. The Morgan fingerprint density at radius 1 is 0.519 bits per heavy atom. The van der Waals surface area contributed by atoms with Crippen LogP contribution in [-0.4, -0.2) is 47.4 Å². The molecule has 0 saturated carbocycles. The quantitative estimate of drug-likeness (QED) is 0.0327. The summed E-state index contributed by atoms with van der Waals surface area (Å²) in [6.45, 7) is 4.83. The zero-order valence-electron chi connectivity index (χ0n) is 36.0. The Bertz CT molecular complexity index is 843. The lowest BCUT2D eigenvalue weighted by Gasteiger charge is -2.22. The first kappa shape index (κ1) is 52.3. The topological polar surface area (TPSA) is 95.9 Å². The van der Waals surface area contributed by atoms with Gasteiger partial charge in [-0.2, -0.15) is 0 Å². The molecule has 0 aromatic heterocycles. The lowest BCUT2D eigenvalue weighted by Crippen LogP contribution is -2.45. The number of nitrogens with one attached hydrogen (secondary N) is 1. The third-order valence-corrected chi connectivity index (χ3v) is 10.8. The molecule has 0 bridgehead atoms. The predicted molar refractivity (Wildman–Crippen MR) is 232 cm³/mol. The number of aliphatic hydroxyl groups excluding tert-OH is 2. The van der Waals surface area contributed by atoms with E-state index in [4.69, 9.17) is 4.74 Å². The molecular weight excluding hydrogens is 671 g/mol. The number of rotatable bonds is 43. The second kappa shape index (κ2) is 44.1. The molecule has 0 aliphatic rings. The Labute approximate surface area is 335 Å². The van der Waals surface area contributed by atoms with Gasteiger partial charge in [-0.3, -0.25) is 9.59 Å². The van der Waals surface area contributed by atoms with E-state index < -0.39 is 12.1 Å².